The molecule has 0 radical (unpaired) electrons. The Morgan fingerprint density at radius 1 is 1.62 bits per heavy atom. The maximum absolute atomic E-state index is 11.8. The van der Waals surface area contributed by atoms with Crippen molar-refractivity contribution < 1.29 is 14.3 Å². The van der Waals surface area contributed by atoms with Crippen molar-refractivity contribution >= 4 is 5.91 Å². The van der Waals surface area contributed by atoms with Crippen molar-refractivity contribution in [1.29, 1.82) is 0 Å². The van der Waals surface area contributed by atoms with Crippen LogP contribution in [0.15, 0.2) is 24.4 Å². The molecular weight excluding hydrogens is 210 g/mol. The predicted molar refractivity (Wildman–Crippen MR) is 55.0 cm³/mol. The van der Waals surface area contributed by atoms with E-state index in [1.165, 1.54) is 11.2 Å². The minimum Gasteiger partial charge on any atom is -0.494 e. The lowest BCUT2D eigenvalue weighted by Crippen LogP contribution is -2.30. The second-order valence-electron chi connectivity index (χ2n) is 3.40. The van der Waals surface area contributed by atoms with Crippen LogP contribution in [0, 0.1) is 0 Å². The van der Waals surface area contributed by atoms with Gasteiger partial charge in [-0.05, 0) is 0 Å². The molecule has 16 heavy (non-hydrogen) atoms. The summed E-state index contributed by atoms with van der Waals surface area (Å²) >= 11 is 0. The number of hydrogen-bond donors (Lipinski definition) is 1. The minimum atomic E-state index is -0.212. The lowest BCUT2D eigenvalue weighted by atomic mass is 10.4. The second kappa shape index (κ2) is 4.69. The van der Waals surface area contributed by atoms with Crippen LogP contribution in [0.2, 0.25) is 0 Å². The molecule has 1 aromatic rings. The molecular formula is C10H13N3O3. The Balaban J connectivity index is 1.96. The van der Waals surface area contributed by atoms with Crippen molar-refractivity contribution in [1.82, 2.24) is 14.9 Å². The van der Waals surface area contributed by atoms with Crippen molar-refractivity contribution in [3.8, 4) is 0 Å². The number of likely N-dealkylation sites (N-methyl/N-ethyl adjacent to an activating group) is 1. The molecule has 86 valence electrons. The zero-order valence-electron chi connectivity index (χ0n) is 8.97. The average Bonchev–Trinajstić information content (AvgIpc) is 2.82. The molecule has 1 aromatic heterocycles. The van der Waals surface area contributed by atoms with E-state index < -0.39 is 0 Å². The molecule has 1 N–H and O–H groups in total. The molecule has 0 saturated heterocycles. The smallest absolute Gasteiger partial charge is 0.292 e. The number of aromatic amines is 1. The lowest BCUT2D eigenvalue weighted by molar-refractivity contribution is -0.131. The van der Waals surface area contributed by atoms with Crippen molar-refractivity contribution in [2.45, 2.75) is 6.54 Å². The Morgan fingerprint density at radius 3 is 3.12 bits per heavy atom. The number of imidazole rings is 1. The summed E-state index contributed by atoms with van der Waals surface area (Å²) in [6.45, 7) is 1.30. The first kappa shape index (κ1) is 10.5. The number of hydrogen-bond acceptors (Lipinski definition) is 4. The first-order chi connectivity index (χ1) is 7.77. The molecule has 0 saturated carbocycles. The third kappa shape index (κ3) is 2.33. The van der Waals surface area contributed by atoms with Gasteiger partial charge in [0.2, 0.25) is 5.76 Å². The van der Waals surface area contributed by atoms with Crippen LogP contribution in [0.5, 0.6) is 0 Å². The van der Waals surface area contributed by atoms with Gasteiger partial charge < -0.3 is 19.4 Å². The summed E-state index contributed by atoms with van der Waals surface area (Å²) in [4.78, 5) is 20.3. The molecule has 0 fully saturated rings. The fraction of sp³-hybridized carbons (Fsp3) is 0.400. The molecule has 1 aliphatic rings. The predicted octanol–water partition coefficient (Wildman–Crippen LogP) is 0.256. The Kier molecular flexibility index (Phi) is 3.09. The molecule has 0 atom stereocenters. The maximum Gasteiger partial charge on any atom is 0.292 e. The van der Waals surface area contributed by atoms with Gasteiger partial charge in [0.05, 0.1) is 6.54 Å². The van der Waals surface area contributed by atoms with Gasteiger partial charge in [-0.3, -0.25) is 4.79 Å². The Morgan fingerprint density at radius 2 is 2.50 bits per heavy atom. The maximum atomic E-state index is 11.8. The average molecular weight is 223 g/mol. The normalized spacial score (nSPS) is 14.7. The van der Waals surface area contributed by atoms with E-state index in [2.05, 4.69) is 9.97 Å². The molecule has 2 rings (SSSR count). The Labute approximate surface area is 92.9 Å². The van der Waals surface area contributed by atoms with Crippen LogP contribution in [0.4, 0.5) is 0 Å². The summed E-state index contributed by atoms with van der Waals surface area (Å²) < 4.78 is 10.2. The van der Waals surface area contributed by atoms with Crippen LogP contribution in [0.25, 0.3) is 0 Å². The molecule has 0 aromatic carbocycles. The van der Waals surface area contributed by atoms with E-state index in [4.69, 9.17) is 9.47 Å². The summed E-state index contributed by atoms with van der Waals surface area (Å²) in [5.74, 6) is 0.754. The van der Waals surface area contributed by atoms with E-state index in [1.54, 1.807) is 19.4 Å². The topological polar surface area (TPSA) is 67.5 Å². The zero-order valence-corrected chi connectivity index (χ0v) is 8.97. The Hall–Kier alpha value is -1.98. The third-order valence-electron chi connectivity index (χ3n) is 2.15. The van der Waals surface area contributed by atoms with Crippen molar-refractivity contribution in [2.75, 3.05) is 20.3 Å². The largest absolute Gasteiger partial charge is 0.494 e. The number of nitrogens with one attached hydrogen (secondary N) is 1. The first-order valence-corrected chi connectivity index (χ1v) is 4.95. The van der Waals surface area contributed by atoms with Crippen molar-refractivity contribution in [3.63, 3.8) is 0 Å². The number of rotatable bonds is 3. The standard InChI is InChI=1S/C10H13N3O3/c1-13(6-9-11-2-3-12-9)10(14)8-7-15-4-5-16-8/h2-3,7H,4-6H2,1H3,(H,11,12). The van der Waals surface area contributed by atoms with Crippen molar-refractivity contribution in [3.05, 3.63) is 30.2 Å². The molecule has 2 heterocycles. The van der Waals surface area contributed by atoms with E-state index in [-0.39, 0.29) is 11.7 Å². The number of H-pyrrole nitrogens is 1. The van der Waals surface area contributed by atoms with Crippen LogP contribution in [-0.4, -0.2) is 41.0 Å². The highest BCUT2D eigenvalue weighted by atomic mass is 16.6. The molecule has 1 aliphatic heterocycles. The molecule has 0 bridgehead atoms. The van der Waals surface area contributed by atoms with Gasteiger partial charge >= 0.3 is 0 Å². The van der Waals surface area contributed by atoms with E-state index in [1.807, 2.05) is 0 Å². The molecule has 0 unspecified atom stereocenters. The number of ether oxygens (including phenoxy) is 2. The van der Waals surface area contributed by atoms with Gasteiger partial charge in [0.1, 0.15) is 25.3 Å². The highest BCUT2D eigenvalue weighted by Gasteiger charge is 2.19. The fourth-order valence-corrected chi connectivity index (χ4v) is 1.35. The monoisotopic (exact) mass is 223 g/mol. The lowest BCUT2D eigenvalue weighted by Gasteiger charge is -2.20. The quantitative estimate of drug-likeness (QED) is 0.798. The number of aromatic nitrogens is 2. The SMILES string of the molecule is CN(Cc1ncc[nH]1)C(=O)C1=COCCO1. The van der Waals surface area contributed by atoms with Crippen molar-refractivity contribution in [2.24, 2.45) is 0 Å². The van der Waals surface area contributed by atoms with Gasteiger partial charge in [-0.15, -0.1) is 0 Å². The minimum absolute atomic E-state index is 0.212. The molecule has 0 spiro atoms. The third-order valence-corrected chi connectivity index (χ3v) is 2.15. The molecule has 6 heteroatoms. The van der Waals surface area contributed by atoms with Gasteiger partial charge in [0, 0.05) is 19.4 Å². The van der Waals surface area contributed by atoms with Gasteiger partial charge in [0.25, 0.3) is 5.91 Å². The second-order valence-corrected chi connectivity index (χ2v) is 3.40. The van der Waals surface area contributed by atoms with Gasteiger partial charge in [-0.25, -0.2) is 4.98 Å². The van der Waals surface area contributed by atoms with E-state index >= 15 is 0 Å². The van der Waals surface area contributed by atoms with Crippen LogP contribution in [0.3, 0.4) is 0 Å². The number of carbonyl (C=O) groups excluding carboxylic acids is 1. The number of nitrogens with zero attached hydrogens (tertiary/aromatic N) is 2. The van der Waals surface area contributed by atoms with E-state index in [9.17, 15) is 4.79 Å². The molecule has 6 nitrogen and oxygen atoms in total. The Bertz CT molecular complexity index is 386. The van der Waals surface area contributed by atoms with Crippen LogP contribution < -0.4 is 0 Å². The number of carbonyl (C=O) groups is 1. The summed E-state index contributed by atoms with van der Waals surface area (Å²) in [5, 5.41) is 0. The van der Waals surface area contributed by atoms with Crippen LogP contribution in [0.1, 0.15) is 5.82 Å². The van der Waals surface area contributed by atoms with Crippen LogP contribution >= 0.6 is 0 Å². The summed E-state index contributed by atoms with van der Waals surface area (Å²) in [7, 11) is 1.68. The highest BCUT2D eigenvalue weighted by molar-refractivity contribution is 5.91. The van der Waals surface area contributed by atoms with E-state index in [0.717, 1.165) is 5.82 Å². The molecule has 0 aliphatic carbocycles. The van der Waals surface area contributed by atoms with E-state index in [0.29, 0.717) is 19.8 Å². The highest BCUT2D eigenvalue weighted by Crippen LogP contribution is 2.08. The summed E-state index contributed by atoms with van der Waals surface area (Å²) in [6.07, 6.45) is 4.71. The number of amides is 1. The van der Waals surface area contributed by atoms with Gasteiger partial charge in [-0.2, -0.15) is 0 Å². The van der Waals surface area contributed by atoms with Gasteiger partial charge in [0.15, 0.2) is 0 Å². The summed E-state index contributed by atoms with van der Waals surface area (Å²) in [6, 6.07) is 0. The first-order valence-electron chi connectivity index (χ1n) is 4.95. The van der Waals surface area contributed by atoms with Crippen LogP contribution in [-0.2, 0) is 20.8 Å². The van der Waals surface area contributed by atoms with Gasteiger partial charge in [-0.1, -0.05) is 0 Å². The zero-order chi connectivity index (χ0) is 11.4. The fourth-order valence-electron chi connectivity index (χ4n) is 1.35. The summed E-state index contributed by atoms with van der Waals surface area (Å²) in [5.41, 5.74) is 0. The molecule has 1 amide bonds.